The molecule has 6 N–H and O–H groups in total. The zero-order valence-corrected chi connectivity index (χ0v) is 21.2. The van der Waals surface area contributed by atoms with Crippen LogP contribution in [0.2, 0.25) is 0 Å². The molecule has 0 radical (unpaired) electrons. The molecule has 0 spiro atoms. The Bertz CT molecular complexity index is 1290. The molecule has 0 aliphatic heterocycles. The highest BCUT2D eigenvalue weighted by Crippen LogP contribution is 2.30. The van der Waals surface area contributed by atoms with Crippen LogP contribution in [0.25, 0.3) is 22.5 Å². The lowest BCUT2D eigenvalue weighted by Crippen LogP contribution is -2.22. The van der Waals surface area contributed by atoms with Crippen molar-refractivity contribution in [2.24, 2.45) is 5.73 Å². The maximum atomic E-state index is 12.1. The predicted octanol–water partition coefficient (Wildman–Crippen LogP) is 2.59. The Balaban J connectivity index is 0.000000886. The van der Waals surface area contributed by atoms with Crippen molar-refractivity contribution >= 4 is 5.97 Å². The molecule has 2 aromatic carbocycles. The first-order chi connectivity index (χ1) is 17.7. The molecule has 4 aromatic rings. The number of hydrogen-bond donors (Lipinski definition) is 5. The van der Waals surface area contributed by atoms with Crippen molar-refractivity contribution in [2.75, 3.05) is 13.2 Å². The lowest BCUT2D eigenvalue weighted by Gasteiger charge is -2.16. The molecule has 0 unspecified atom stereocenters. The molecule has 2 heterocycles. The van der Waals surface area contributed by atoms with E-state index in [0.29, 0.717) is 31.2 Å². The van der Waals surface area contributed by atoms with Gasteiger partial charge in [0.2, 0.25) is 5.82 Å². The average molecular weight is 508 g/mol. The van der Waals surface area contributed by atoms with E-state index in [4.69, 9.17) is 10.8 Å². The maximum Gasteiger partial charge on any atom is 0.354 e. The van der Waals surface area contributed by atoms with Gasteiger partial charge >= 0.3 is 5.97 Å². The Morgan fingerprint density at radius 1 is 1.11 bits per heavy atom. The summed E-state index contributed by atoms with van der Waals surface area (Å²) in [4.78, 5) is 16.6. The fourth-order valence-electron chi connectivity index (χ4n) is 3.91. The van der Waals surface area contributed by atoms with Crippen LogP contribution in [0.1, 0.15) is 54.8 Å². The van der Waals surface area contributed by atoms with Crippen molar-refractivity contribution in [2.45, 2.75) is 45.8 Å². The van der Waals surface area contributed by atoms with E-state index in [0.717, 1.165) is 28.7 Å². The number of carbonyl (C=O) groups is 1. The predicted molar refractivity (Wildman–Crippen MR) is 139 cm³/mol. The van der Waals surface area contributed by atoms with E-state index < -0.39 is 11.6 Å². The van der Waals surface area contributed by atoms with Crippen LogP contribution >= 0.6 is 0 Å². The first kappa shape index (κ1) is 27.7. The number of aliphatic hydroxyl groups excluding tert-OH is 1. The summed E-state index contributed by atoms with van der Waals surface area (Å²) in [6.45, 7) is 5.93. The van der Waals surface area contributed by atoms with Crippen LogP contribution in [0.15, 0.2) is 48.5 Å². The molecule has 196 valence electrons. The van der Waals surface area contributed by atoms with Crippen LogP contribution < -0.4 is 5.73 Å². The summed E-state index contributed by atoms with van der Waals surface area (Å²) in [6.07, 6.45) is 1.43. The standard InChI is InChI=1S/C24H26N6O3.C2H7NO/c1-4-7-19-25-21(24(2,3)33)20(23(31)32)30(19)14-15-10-12-16(13-11-15)17-8-5-6-9-18(17)22-26-28-29-27-22;3-1-2-4/h5-6,8-13,33H,4,7,14H2,1-3H3,(H,31,32)(H,26,27,28,29);4H,1-3H2. The van der Waals surface area contributed by atoms with Crippen molar-refractivity contribution < 1.29 is 20.1 Å². The van der Waals surface area contributed by atoms with Gasteiger partial charge in [0.25, 0.3) is 0 Å². The summed E-state index contributed by atoms with van der Waals surface area (Å²) in [7, 11) is 0. The number of nitrogens with zero attached hydrogens (tertiary/aromatic N) is 5. The largest absolute Gasteiger partial charge is 0.477 e. The Morgan fingerprint density at radius 3 is 2.27 bits per heavy atom. The summed E-state index contributed by atoms with van der Waals surface area (Å²) in [5.74, 6) is 0.0636. The molecule has 0 aliphatic carbocycles. The summed E-state index contributed by atoms with van der Waals surface area (Å²) >= 11 is 0. The van der Waals surface area contributed by atoms with Crippen molar-refractivity contribution in [3.63, 3.8) is 0 Å². The number of aromatic nitrogens is 6. The first-order valence-electron chi connectivity index (χ1n) is 12.0. The highest BCUT2D eigenvalue weighted by atomic mass is 16.4. The minimum absolute atomic E-state index is 0.0254. The molecule has 0 saturated carbocycles. The van der Waals surface area contributed by atoms with Gasteiger partial charge in [-0.05, 0) is 42.2 Å². The van der Waals surface area contributed by atoms with Gasteiger partial charge in [0.15, 0.2) is 5.69 Å². The smallest absolute Gasteiger partial charge is 0.354 e. The van der Waals surface area contributed by atoms with Gasteiger partial charge in [-0.15, -0.1) is 10.2 Å². The van der Waals surface area contributed by atoms with Gasteiger partial charge in [-0.1, -0.05) is 55.5 Å². The number of aliphatic hydroxyl groups is 2. The van der Waals surface area contributed by atoms with Gasteiger partial charge in [-0.2, -0.15) is 5.21 Å². The monoisotopic (exact) mass is 507 g/mol. The second kappa shape index (κ2) is 12.3. The third kappa shape index (κ3) is 6.64. The Hall–Kier alpha value is -3.93. The zero-order chi connectivity index (χ0) is 27.0. The van der Waals surface area contributed by atoms with Gasteiger partial charge in [0.05, 0.1) is 6.61 Å². The first-order valence-corrected chi connectivity index (χ1v) is 12.0. The SMILES string of the molecule is CCCc1nc(C(C)(C)O)c(C(=O)O)n1Cc1ccc(-c2ccccc2-c2nn[nH]n2)cc1.NCCO. The number of carboxylic acid groups (broad SMARTS) is 1. The zero-order valence-electron chi connectivity index (χ0n) is 21.2. The van der Waals surface area contributed by atoms with Crippen molar-refractivity contribution in [3.8, 4) is 22.5 Å². The van der Waals surface area contributed by atoms with Crippen LogP contribution in [0.5, 0.6) is 0 Å². The summed E-state index contributed by atoms with van der Waals surface area (Å²) in [6, 6.07) is 15.7. The minimum Gasteiger partial charge on any atom is -0.477 e. The molecular weight excluding hydrogens is 474 g/mol. The molecule has 0 amide bonds. The quantitative estimate of drug-likeness (QED) is 0.228. The van der Waals surface area contributed by atoms with Crippen LogP contribution in [-0.2, 0) is 18.6 Å². The number of nitrogens with one attached hydrogen (secondary N) is 1. The number of aromatic amines is 1. The number of carboxylic acids is 1. The molecule has 2 aromatic heterocycles. The number of aryl methyl sites for hydroxylation is 1. The number of benzene rings is 2. The molecule has 0 atom stereocenters. The highest BCUT2D eigenvalue weighted by molar-refractivity contribution is 5.87. The van der Waals surface area contributed by atoms with Crippen LogP contribution in [0, 0.1) is 0 Å². The number of nitrogens with two attached hydrogens (primary N) is 1. The number of rotatable bonds is 9. The third-order valence-electron chi connectivity index (χ3n) is 5.55. The van der Waals surface area contributed by atoms with Crippen molar-refractivity contribution in [1.29, 1.82) is 0 Å². The minimum atomic E-state index is -1.36. The summed E-state index contributed by atoms with van der Waals surface area (Å²) in [5, 5.41) is 42.4. The Morgan fingerprint density at radius 2 is 1.76 bits per heavy atom. The number of hydrogen-bond acceptors (Lipinski definition) is 8. The molecule has 11 heteroatoms. The number of tetrazole rings is 1. The molecule has 11 nitrogen and oxygen atoms in total. The summed E-state index contributed by atoms with van der Waals surface area (Å²) < 4.78 is 1.70. The van der Waals surface area contributed by atoms with E-state index in [1.807, 2.05) is 55.5 Å². The third-order valence-corrected chi connectivity index (χ3v) is 5.55. The van der Waals surface area contributed by atoms with Crippen molar-refractivity contribution in [3.05, 3.63) is 71.3 Å². The molecular formula is C26H33N7O4. The normalized spacial score (nSPS) is 11.2. The van der Waals surface area contributed by atoms with Gasteiger partial charge in [0.1, 0.15) is 17.1 Å². The summed E-state index contributed by atoms with van der Waals surface area (Å²) in [5.41, 5.74) is 7.37. The van der Waals surface area contributed by atoms with Crippen LogP contribution in [0.3, 0.4) is 0 Å². The van der Waals surface area contributed by atoms with E-state index in [-0.39, 0.29) is 18.0 Å². The van der Waals surface area contributed by atoms with E-state index in [9.17, 15) is 15.0 Å². The lowest BCUT2D eigenvalue weighted by atomic mass is 9.98. The lowest BCUT2D eigenvalue weighted by molar-refractivity contribution is 0.0602. The van der Waals surface area contributed by atoms with Crippen LogP contribution in [0.4, 0.5) is 0 Å². The molecule has 0 bridgehead atoms. The van der Waals surface area contributed by atoms with Gasteiger partial charge in [-0.3, -0.25) is 0 Å². The van der Waals surface area contributed by atoms with Crippen LogP contribution in [-0.4, -0.2) is 64.6 Å². The fourth-order valence-corrected chi connectivity index (χ4v) is 3.91. The van der Waals surface area contributed by atoms with E-state index >= 15 is 0 Å². The second-order valence-corrected chi connectivity index (χ2v) is 8.92. The van der Waals surface area contributed by atoms with Gasteiger partial charge < -0.3 is 25.6 Å². The van der Waals surface area contributed by atoms with E-state index in [1.165, 1.54) is 0 Å². The topological polar surface area (TPSA) is 176 Å². The van der Waals surface area contributed by atoms with Gasteiger partial charge in [-0.25, -0.2) is 9.78 Å². The van der Waals surface area contributed by atoms with Gasteiger partial charge in [0, 0.05) is 25.1 Å². The molecule has 0 saturated heterocycles. The molecule has 0 aliphatic rings. The highest BCUT2D eigenvalue weighted by Gasteiger charge is 2.31. The van der Waals surface area contributed by atoms with Crippen molar-refractivity contribution in [1.82, 2.24) is 30.2 Å². The maximum absolute atomic E-state index is 12.1. The number of aromatic carboxylic acids is 1. The number of imidazole rings is 1. The average Bonchev–Trinajstić information content (AvgIpc) is 3.54. The Labute approximate surface area is 215 Å². The molecule has 0 fully saturated rings. The molecule has 4 rings (SSSR count). The van der Waals surface area contributed by atoms with E-state index in [2.05, 4.69) is 25.6 Å². The Kier molecular flexibility index (Phi) is 9.23. The number of H-pyrrole nitrogens is 1. The second-order valence-electron chi connectivity index (χ2n) is 8.92. The van der Waals surface area contributed by atoms with E-state index in [1.54, 1.807) is 18.4 Å². The molecule has 37 heavy (non-hydrogen) atoms. The fraction of sp³-hybridized carbons (Fsp3) is 0.346.